The van der Waals surface area contributed by atoms with Crippen molar-refractivity contribution in [3.8, 4) is 0 Å². The second-order valence-corrected chi connectivity index (χ2v) is 6.42. The van der Waals surface area contributed by atoms with Crippen molar-refractivity contribution in [3.05, 3.63) is 52.8 Å². The van der Waals surface area contributed by atoms with Crippen molar-refractivity contribution in [1.29, 1.82) is 0 Å². The van der Waals surface area contributed by atoms with Gasteiger partial charge in [-0.3, -0.25) is 9.78 Å². The Morgan fingerprint density at radius 3 is 2.83 bits per heavy atom. The Labute approximate surface area is 139 Å². The summed E-state index contributed by atoms with van der Waals surface area (Å²) in [6.45, 7) is 1.91. The molecule has 1 atom stereocenters. The molecule has 6 heteroatoms. The van der Waals surface area contributed by atoms with Crippen molar-refractivity contribution in [2.75, 3.05) is 22.9 Å². The molecule has 0 bridgehead atoms. The van der Waals surface area contributed by atoms with Crippen LogP contribution in [-0.4, -0.2) is 35.2 Å². The number of carbonyl (C=O) groups is 1. The third-order valence-electron chi connectivity index (χ3n) is 4.42. The van der Waals surface area contributed by atoms with Crippen LogP contribution in [0.3, 0.4) is 0 Å². The third-order valence-corrected chi connectivity index (χ3v) is 4.66. The number of hydrogen-bond acceptors (Lipinski definition) is 4. The van der Waals surface area contributed by atoms with Crippen LogP contribution in [0.4, 0.5) is 11.4 Å². The van der Waals surface area contributed by atoms with E-state index in [2.05, 4.69) is 9.88 Å². The first-order valence-electron chi connectivity index (χ1n) is 7.60. The Bertz CT molecular complexity index is 780. The van der Waals surface area contributed by atoms with E-state index in [0.29, 0.717) is 23.7 Å². The van der Waals surface area contributed by atoms with Crippen molar-refractivity contribution in [2.45, 2.75) is 19.1 Å². The van der Waals surface area contributed by atoms with E-state index in [4.69, 9.17) is 11.6 Å². The van der Waals surface area contributed by atoms with Crippen molar-refractivity contribution in [1.82, 2.24) is 4.98 Å². The summed E-state index contributed by atoms with van der Waals surface area (Å²) in [7, 11) is 0. The van der Waals surface area contributed by atoms with Gasteiger partial charge in [0.2, 0.25) is 0 Å². The highest BCUT2D eigenvalue weighted by molar-refractivity contribution is 6.31. The maximum Gasteiger partial charge on any atom is 0.258 e. The fraction of sp³-hybridized carbons (Fsp3) is 0.294. The Balaban J connectivity index is 1.63. The number of rotatable bonds is 2. The number of amides is 1. The number of nitrogens with zero attached hydrogens (tertiary/aromatic N) is 3. The van der Waals surface area contributed by atoms with Gasteiger partial charge in [0.05, 0.1) is 36.4 Å². The Morgan fingerprint density at radius 2 is 2.04 bits per heavy atom. The van der Waals surface area contributed by atoms with Gasteiger partial charge in [-0.25, -0.2) is 0 Å². The largest absolute Gasteiger partial charge is 0.391 e. The maximum atomic E-state index is 12.6. The smallest absolute Gasteiger partial charge is 0.258 e. The average molecular weight is 330 g/mol. The minimum atomic E-state index is -0.293. The van der Waals surface area contributed by atoms with Crippen LogP contribution in [0.25, 0.3) is 0 Å². The Morgan fingerprint density at radius 1 is 1.22 bits per heavy atom. The van der Waals surface area contributed by atoms with Crippen molar-refractivity contribution in [2.24, 2.45) is 0 Å². The monoisotopic (exact) mass is 329 g/mol. The molecule has 0 spiro atoms. The average Bonchev–Trinajstić information content (AvgIpc) is 3.11. The van der Waals surface area contributed by atoms with Crippen LogP contribution in [-0.2, 0) is 6.54 Å². The summed E-state index contributed by atoms with van der Waals surface area (Å²) in [5.41, 5.74) is 3.32. The number of aliphatic hydroxyl groups excluding tert-OH is 1. The van der Waals surface area contributed by atoms with Gasteiger partial charge < -0.3 is 14.9 Å². The van der Waals surface area contributed by atoms with Gasteiger partial charge >= 0.3 is 0 Å². The fourth-order valence-electron chi connectivity index (χ4n) is 3.21. The molecular weight excluding hydrogens is 314 g/mol. The van der Waals surface area contributed by atoms with E-state index in [-0.39, 0.29) is 12.0 Å². The summed E-state index contributed by atoms with van der Waals surface area (Å²) in [6.07, 6.45) is 3.93. The molecule has 118 valence electrons. The first kappa shape index (κ1) is 14.5. The summed E-state index contributed by atoms with van der Waals surface area (Å²) in [6, 6.07) is 7.30. The topological polar surface area (TPSA) is 56.7 Å². The first-order chi connectivity index (χ1) is 11.1. The molecule has 1 aromatic heterocycles. The fourth-order valence-corrected chi connectivity index (χ4v) is 3.41. The highest BCUT2D eigenvalue weighted by Gasteiger charge is 2.29. The second kappa shape index (κ2) is 5.51. The lowest BCUT2D eigenvalue weighted by Crippen LogP contribution is -2.25. The molecule has 2 aromatic rings. The van der Waals surface area contributed by atoms with Gasteiger partial charge in [-0.15, -0.1) is 0 Å². The Hall–Kier alpha value is -2.11. The number of aromatic nitrogens is 1. The van der Waals surface area contributed by atoms with Crippen molar-refractivity contribution in [3.63, 3.8) is 0 Å². The predicted molar refractivity (Wildman–Crippen MR) is 89.0 cm³/mol. The van der Waals surface area contributed by atoms with Gasteiger partial charge in [-0.2, -0.15) is 0 Å². The highest BCUT2D eigenvalue weighted by Crippen LogP contribution is 2.32. The number of pyridine rings is 1. The molecule has 0 radical (unpaired) electrons. The molecule has 5 nitrogen and oxygen atoms in total. The molecular formula is C17H16ClN3O2. The van der Waals surface area contributed by atoms with Crippen LogP contribution in [0.1, 0.15) is 22.3 Å². The van der Waals surface area contributed by atoms with E-state index in [9.17, 15) is 9.90 Å². The van der Waals surface area contributed by atoms with Gasteiger partial charge in [0, 0.05) is 23.7 Å². The van der Waals surface area contributed by atoms with Gasteiger partial charge in [0.15, 0.2) is 0 Å². The van der Waals surface area contributed by atoms with Crippen LogP contribution in [0.15, 0.2) is 36.7 Å². The number of halogens is 1. The van der Waals surface area contributed by atoms with Crippen LogP contribution >= 0.6 is 11.6 Å². The molecule has 3 heterocycles. The minimum absolute atomic E-state index is 0.0305. The summed E-state index contributed by atoms with van der Waals surface area (Å²) in [5.74, 6) is -0.0305. The van der Waals surface area contributed by atoms with Gasteiger partial charge in [0.25, 0.3) is 5.91 Å². The molecule has 4 rings (SSSR count). The molecule has 1 amide bonds. The number of β-amino-alcohol motifs (C(OH)–C–C–N with tert-alkyl or cyclic N) is 1. The summed E-state index contributed by atoms with van der Waals surface area (Å²) in [5, 5.41) is 10.3. The van der Waals surface area contributed by atoms with E-state index in [0.717, 1.165) is 29.9 Å². The lowest BCUT2D eigenvalue weighted by Gasteiger charge is -2.21. The van der Waals surface area contributed by atoms with E-state index < -0.39 is 0 Å². The lowest BCUT2D eigenvalue weighted by molar-refractivity contribution is 0.0996. The van der Waals surface area contributed by atoms with Crippen LogP contribution in [0.2, 0.25) is 5.02 Å². The standard InChI is InChI=1S/C17H16ClN3O2/c18-12-1-2-16-11(5-12)9-21(17(16)23)14-6-13(7-19-8-14)20-4-3-15(22)10-20/h1-2,5-8,15,22H,3-4,9-10H2/t15-/m1/s1. The second-order valence-electron chi connectivity index (χ2n) is 5.98. The molecule has 0 saturated carbocycles. The molecule has 1 fully saturated rings. The van der Waals surface area contributed by atoms with Crippen LogP contribution < -0.4 is 9.80 Å². The zero-order valence-electron chi connectivity index (χ0n) is 12.4. The van der Waals surface area contributed by atoms with Crippen molar-refractivity contribution < 1.29 is 9.90 Å². The van der Waals surface area contributed by atoms with Gasteiger partial charge in [0.1, 0.15) is 0 Å². The number of aliphatic hydroxyl groups is 1. The molecule has 0 unspecified atom stereocenters. The number of carbonyl (C=O) groups excluding carboxylic acids is 1. The maximum absolute atomic E-state index is 12.6. The number of hydrogen-bond donors (Lipinski definition) is 1. The van der Waals surface area contributed by atoms with E-state index in [1.165, 1.54) is 0 Å². The molecule has 0 aliphatic carbocycles. The quantitative estimate of drug-likeness (QED) is 0.919. The molecule has 1 saturated heterocycles. The third kappa shape index (κ3) is 2.56. The van der Waals surface area contributed by atoms with Crippen molar-refractivity contribution >= 4 is 28.9 Å². The highest BCUT2D eigenvalue weighted by atomic mass is 35.5. The molecule has 1 N–H and O–H groups in total. The normalized spacial score (nSPS) is 20.3. The zero-order valence-corrected chi connectivity index (χ0v) is 13.2. The van der Waals surface area contributed by atoms with Gasteiger partial charge in [-0.05, 0) is 36.2 Å². The molecule has 1 aromatic carbocycles. The number of fused-ring (bicyclic) bond motifs is 1. The van der Waals surface area contributed by atoms with Gasteiger partial charge in [-0.1, -0.05) is 11.6 Å². The molecule has 2 aliphatic rings. The molecule has 23 heavy (non-hydrogen) atoms. The van der Waals surface area contributed by atoms with E-state index in [1.807, 2.05) is 12.1 Å². The van der Waals surface area contributed by atoms with Crippen LogP contribution in [0, 0.1) is 0 Å². The Kier molecular flexibility index (Phi) is 3.47. The summed E-state index contributed by atoms with van der Waals surface area (Å²) in [4.78, 5) is 20.7. The number of anilines is 2. The predicted octanol–water partition coefficient (Wildman–Crippen LogP) is 2.47. The zero-order chi connectivity index (χ0) is 16.0. The van der Waals surface area contributed by atoms with Crippen LogP contribution in [0.5, 0.6) is 0 Å². The SMILES string of the molecule is O=C1c2ccc(Cl)cc2CN1c1cncc(N2CC[C@@H](O)C2)c1. The first-order valence-corrected chi connectivity index (χ1v) is 7.98. The minimum Gasteiger partial charge on any atom is -0.391 e. The van der Waals surface area contributed by atoms with E-state index in [1.54, 1.807) is 29.4 Å². The summed E-state index contributed by atoms with van der Waals surface area (Å²) < 4.78 is 0. The lowest BCUT2D eigenvalue weighted by atomic mass is 10.1. The number of benzene rings is 1. The molecule has 2 aliphatic heterocycles. The summed E-state index contributed by atoms with van der Waals surface area (Å²) >= 11 is 6.02. The van der Waals surface area contributed by atoms with E-state index >= 15 is 0 Å².